The standard InChI is InChI=1S/C29H31N7O/c1-2-3-11-26-31-29(16-7-4-8-17-29)28(37)36(26)19-20-12-14-24-21(18-20)13-15-25(30-24)22-9-5-6-10-23(22)27-32-34-35-33-27/h5-6,9-10,12-15,18H,2-4,7-8,11,16-17,19H2,1H3,(H,32,33,34,35). The lowest BCUT2D eigenvalue weighted by Crippen LogP contribution is -2.43. The van der Waals surface area contributed by atoms with Crippen LogP contribution in [0.5, 0.6) is 0 Å². The fourth-order valence-electron chi connectivity index (χ4n) is 5.66. The van der Waals surface area contributed by atoms with Crippen molar-refractivity contribution in [2.24, 2.45) is 4.99 Å². The summed E-state index contributed by atoms with van der Waals surface area (Å²) < 4.78 is 0. The van der Waals surface area contributed by atoms with Gasteiger partial charge in [0.2, 0.25) is 5.82 Å². The van der Waals surface area contributed by atoms with Gasteiger partial charge in [0.15, 0.2) is 0 Å². The number of aliphatic imine (C=N–C) groups is 1. The Morgan fingerprint density at radius 2 is 1.84 bits per heavy atom. The molecule has 1 fully saturated rings. The number of hydrogen-bond donors (Lipinski definition) is 1. The molecule has 4 aromatic rings. The highest BCUT2D eigenvalue weighted by Crippen LogP contribution is 2.39. The zero-order valence-corrected chi connectivity index (χ0v) is 21.2. The fourth-order valence-corrected chi connectivity index (χ4v) is 5.66. The van der Waals surface area contributed by atoms with Crippen molar-refractivity contribution < 1.29 is 4.79 Å². The summed E-state index contributed by atoms with van der Waals surface area (Å²) in [6.07, 6.45) is 8.15. The number of fused-ring (bicyclic) bond motifs is 1. The smallest absolute Gasteiger partial charge is 0.256 e. The van der Waals surface area contributed by atoms with Crippen LogP contribution in [0.4, 0.5) is 0 Å². The Hall–Kier alpha value is -3.94. The molecule has 0 saturated heterocycles. The molecule has 1 amide bonds. The predicted molar refractivity (Wildman–Crippen MR) is 144 cm³/mol. The second kappa shape index (κ2) is 9.84. The van der Waals surface area contributed by atoms with Crippen molar-refractivity contribution in [1.82, 2.24) is 30.5 Å². The summed E-state index contributed by atoms with van der Waals surface area (Å²) in [7, 11) is 0. The number of aromatic nitrogens is 5. The van der Waals surface area contributed by atoms with E-state index in [9.17, 15) is 4.79 Å². The highest BCUT2D eigenvalue weighted by molar-refractivity contribution is 6.08. The van der Waals surface area contributed by atoms with Gasteiger partial charge in [0.1, 0.15) is 11.4 Å². The van der Waals surface area contributed by atoms with E-state index in [-0.39, 0.29) is 5.91 Å². The number of carbonyl (C=O) groups excluding carboxylic acids is 1. The van der Waals surface area contributed by atoms with Crippen molar-refractivity contribution in [3.05, 3.63) is 60.2 Å². The van der Waals surface area contributed by atoms with Crippen LogP contribution in [0.2, 0.25) is 0 Å². The van der Waals surface area contributed by atoms with Gasteiger partial charge < -0.3 is 0 Å². The van der Waals surface area contributed by atoms with Gasteiger partial charge in [-0.05, 0) is 48.2 Å². The normalized spacial score (nSPS) is 17.1. The second-order valence-corrected chi connectivity index (χ2v) is 10.1. The van der Waals surface area contributed by atoms with Crippen molar-refractivity contribution in [2.75, 3.05) is 0 Å². The Balaban J connectivity index is 1.28. The van der Waals surface area contributed by atoms with E-state index in [0.29, 0.717) is 12.4 Å². The lowest BCUT2D eigenvalue weighted by atomic mass is 9.82. The number of carbonyl (C=O) groups is 1. The van der Waals surface area contributed by atoms with Crippen LogP contribution in [-0.2, 0) is 11.3 Å². The monoisotopic (exact) mass is 493 g/mol. The lowest BCUT2D eigenvalue weighted by Gasteiger charge is -2.29. The summed E-state index contributed by atoms with van der Waals surface area (Å²) in [4.78, 5) is 25.6. The molecule has 2 aromatic heterocycles. The fraction of sp³-hybridized carbons (Fsp3) is 0.379. The molecule has 0 atom stereocenters. The minimum Gasteiger partial charge on any atom is -0.294 e. The Labute approximate surface area is 216 Å². The average Bonchev–Trinajstić information content (AvgIpc) is 3.56. The number of tetrazole rings is 1. The van der Waals surface area contributed by atoms with Crippen LogP contribution < -0.4 is 0 Å². The third-order valence-corrected chi connectivity index (χ3v) is 7.62. The largest absolute Gasteiger partial charge is 0.294 e. The molecule has 2 aliphatic rings. The summed E-state index contributed by atoms with van der Waals surface area (Å²) in [5.74, 6) is 1.71. The highest BCUT2D eigenvalue weighted by atomic mass is 16.2. The molecule has 37 heavy (non-hydrogen) atoms. The minimum atomic E-state index is -0.513. The number of benzene rings is 2. The molecule has 0 unspecified atom stereocenters. The van der Waals surface area contributed by atoms with Crippen LogP contribution in [0.15, 0.2) is 59.6 Å². The molecule has 1 saturated carbocycles. The average molecular weight is 494 g/mol. The van der Waals surface area contributed by atoms with Crippen molar-refractivity contribution in [2.45, 2.75) is 70.4 Å². The number of amidine groups is 1. The molecule has 3 heterocycles. The lowest BCUT2D eigenvalue weighted by molar-refractivity contribution is -0.132. The molecule has 188 valence electrons. The van der Waals surface area contributed by atoms with Gasteiger partial charge in [-0.3, -0.25) is 14.7 Å². The topological polar surface area (TPSA) is 100 Å². The van der Waals surface area contributed by atoms with E-state index in [4.69, 9.17) is 9.98 Å². The number of nitrogens with zero attached hydrogens (tertiary/aromatic N) is 6. The third-order valence-electron chi connectivity index (χ3n) is 7.62. The summed E-state index contributed by atoms with van der Waals surface area (Å²) in [5, 5.41) is 15.5. The molecule has 8 nitrogen and oxygen atoms in total. The van der Waals surface area contributed by atoms with Gasteiger partial charge in [-0.1, -0.05) is 69.0 Å². The van der Waals surface area contributed by atoms with E-state index in [2.05, 4.69) is 45.7 Å². The van der Waals surface area contributed by atoms with Crippen LogP contribution in [0.3, 0.4) is 0 Å². The summed E-state index contributed by atoms with van der Waals surface area (Å²) in [6.45, 7) is 2.74. The van der Waals surface area contributed by atoms with Gasteiger partial charge in [-0.15, -0.1) is 10.2 Å². The van der Waals surface area contributed by atoms with E-state index in [1.54, 1.807) is 0 Å². The quantitative estimate of drug-likeness (QED) is 0.355. The maximum atomic E-state index is 13.6. The van der Waals surface area contributed by atoms with Crippen LogP contribution in [-0.4, -0.2) is 47.8 Å². The van der Waals surface area contributed by atoms with Crippen LogP contribution in [0.25, 0.3) is 33.5 Å². The molecule has 0 bridgehead atoms. The Kier molecular flexibility index (Phi) is 6.24. The van der Waals surface area contributed by atoms with E-state index in [1.807, 2.05) is 41.3 Å². The number of pyridine rings is 1. The van der Waals surface area contributed by atoms with Gasteiger partial charge in [0, 0.05) is 22.9 Å². The van der Waals surface area contributed by atoms with E-state index in [0.717, 1.165) is 84.1 Å². The number of nitrogens with one attached hydrogen (secondary N) is 1. The summed E-state index contributed by atoms with van der Waals surface area (Å²) in [6, 6.07) is 18.3. The van der Waals surface area contributed by atoms with Gasteiger partial charge in [0.05, 0.1) is 17.8 Å². The number of hydrogen-bond acceptors (Lipinski definition) is 6. The van der Waals surface area contributed by atoms with Crippen LogP contribution >= 0.6 is 0 Å². The Bertz CT molecular complexity index is 1450. The van der Waals surface area contributed by atoms with Crippen molar-refractivity contribution in [1.29, 1.82) is 0 Å². The van der Waals surface area contributed by atoms with Crippen molar-refractivity contribution in [3.63, 3.8) is 0 Å². The Morgan fingerprint density at radius 1 is 1.00 bits per heavy atom. The van der Waals surface area contributed by atoms with Gasteiger partial charge in [0.25, 0.3) is 5.91 Å². The second-order valence-electron chi connectivity index (χ2n) is 10.1. The zero-order chi connectivity index (χ0) is 25.2. The maximum absolute atomic E-state index is 13.6. The van der Waals surface area contributed by atoms with Crippen LogP contribution in [0.1, 0.15) is 63.9 Å². The SMILES string of the molecule is CCCCC1=NC2(CCCCC2)C(=O)N1Cc1ccc2nc(-c3ccccc3-c3nn[nH]n3)ccc2c1. The molecule has 0 radical (unpaired) electrons. The molecule has 6 rings (SSSR count). The minimum absolute atomic E-state index is 0.199. The van der Waals surface area contributed by atoms with E-state index < -0.39 is 5.54 Å². The molecule has 1 aliphatic carbocycles. The number of unbranched alkanes of at least 4 members (excludes halogenated alkanes) is 1. The molecule has 8 heteroatoms. The number of rotatable bonds is 7. The zero-order valence-electron chi connectivity index (χ0n) is 21.2. The highest BCUT2D eigenvalue weighted by Gasteiger charge is 2.48. The molecule has 1 N–H and O–H groups in total. The molecule has 1 spiro atoms. The molecule has 1 aliphatic heterocycles. The molecule has 2 aromatic carbocycles. The van der Waals surface area contributed by atoms with Crippen molar-refractivity contribution >= 4 is 22.6 Å². The van der Waals surface area contributed by atoms with E-state index >= 15 is 0 Å². The van der Waals surface area contributed by atoms with Gasteiger partial charge in [-0.25, -0.2) is 4.98 Å². The van der Waals surface area contributed by atoms with E-state index in [1.165, 1.54) is 6.42 Å². The first-order valence-electron chi connectivity index (χ1n) is 13.3. The third kappa shape index (κ3) is 4.41. The maximum Gasteiger partial charge on any atom is 0.256 e. The first-order chi connectivity index (χ1) is 18.2. The predicted octanol–water partition coefficient (Wildman–Crippen LogP) is 5.72. The first kappa shape index (κ1) is 23.5. The van der Waals surface area contributed by atoms with Gasteiger partial charge >= 0.3 is 0 Å². The Morgan fingerprint density at radius 3 is 2.62 bits per heavy atom. The van der Waals surface area contributed by atoms with Gasteiger partial charge in [-0.2, -0.15) is 5.21 Å². The summed E-state index contributed by atoms with van der Waals surface area (Å²) >= 11 is 0. The first-order valence-corrected chi connectivity index (χ1v) is 13.3. The van der Waals surface area contributed by atoms with Crippen molar-refractivity contribution in [3.8, 4) is 22.6 Å². The van der Waals surface area contributed by atoms with Crippen LogP contribution in [0, 0.1) is 0 Å². The number of H-pyrrole nitrogens is 1. The number of aromatic amines is 1. The number of amides is 1. The summed E-state index contributed by atoms with van der Waals surface area (Å²) in [5.41, 5.74) is 4.17. The molecular weight excluding hydrogens is 462 g/mol. The molecular formula is C29H31N7O.